The number of benzene rings is 1. The third-order valence-electron chi connectivity index (χ3n) is 3.89. The summed E-state index contributed by atoms with van der Waals surface area (Å²) in [6.07, 6.45) is 2.76. The monoisotopic (exact) mass is 290 g/mol. The molecule has 1 aliphatic heterocycles. The van der Waals surface area contributed by atoms with Gasteiger partial charge < -0.3 is 15.4 Å². The first-order valence-corrected chi connectivity index (χ1v) is 7.84. The first-order valence-electron chi connectivity index (χ1n) is 7.84. The molecule has 0 radical (unpaired) electrons. The number of aryl methyl sites for hydroxylation is 1. The second kappa shape index (κ2) is 8.03. The molecule has 2 unspecified atom stereocenters. The molecule has 1 aromatic rings. The zero-order valence-corrected chi connectivity index (χ0v) is 13.0. The van der Waals surface area contributed by atoms with Gasteiger partial charge in [0.2, 0.25) is 5.91 Å². The van der Waals surface area contributed by atoms with Crippen molar-refractivity contribution in [2.45, 2.75) is 39.2 Å². The van der Waals surface area contributed by atoms with Crippen LogP contribution in [0.2, 0.25) is 0 Å². The van der Waals surface area contributed by atoms with Crippen molar-refractivity contribution in [3.63, 3.8) is 0 Å². The van der Waals surface area contributed by atoms with Gasteiger partial charge in [0.15, 0.2) is 0 Å². The van der Waals surface area contributed by atoms with Gasteiger partial charge in [-0.1, -0.05) is 17.7 Å². The van der Waals surface area contributed by atoms with Gasteiger partial charge in [-0.05, 0) is 57.8 Å². The third-order valence-corrected chi connectivity index (χ3v) is 3.89. The van der Waals surface area contributed by atoms with Crippen molar-refractivity contribution in [1.29, 1.82) is 0 Å². The lowest BCUT2D eigenvalue weighted by Crippen LogP contribution is -2.33. The zero-order chi connectivity index (χ0) is 15.1. The van der Waals surface area contributed by atoms with Gasteiger partial charge in [-0.25, -0.2) is 0 Å². The molecule has 0 saturated carbocycles. The van der Waals surface area contributed by atoms with Gasteiger partial charge in [0.25, 0.3) is 0 Å². The molecule has 0 aromatic heterocycles. The van der Waals surface area contributed by atoms with E-state index >= 15 is 0 Å². The number of amides is 1. The van der Waals surface area contributed by atoms with Crippen molar-refractivity contribution in [3.05, 3.63) is 29.8 Å². The maximum atomic E-state index is 11.8. The van der Waals surface area contributed by atoms with Crippen LogP contribution in [0.5, 0.6) is 5.75 Å². The molecule has 1 aliphatic rings. The van der Waals surface area contributed by atoms with Gasteiger partial charge in [-0.15, -0.1) is 0 Å². The minimum Gasteiger partial charge on any atom is -0.489 e. The smallest absolute Gasteiger partial charge is 0.220 e. The third kappa shape index (κ3) is 5.76. The topological polar surface area (TPSA) is 50.4 Å². The van der Waals surface area contributed by atoms with Gasteiger partial charge in [-0.2, -0.15) is 0 Å². The van der Waals surface area contributed by atoms with E-state index in [2.05, 4.69) is 10.6 Å². The summed E-state index contributed by atoms with van der Waals surface area (Å²) >= 11 is 0. The summed E-state index contributed by atoms with van der Waals surface area (Å²) in [6, 6.07) is 7.97. The second-order valence-electron chi connectivity index (χ2n) is 5.94. The number of carbonyl (C=O) groups excluding carboxylic acids is 1. The molecule has 21 heavy (non-hydrogen) atoms. The highest BCUT2D eigenvalue weighted by Crippen LogP contribution is 2.14. The summed E-state index contributed by atoms with van der Waals surface area (Å²) in [6.45, 7) is 6.72. The predicted molar refractivity (Wildman–Crippen MR) is 84.5 cm³/mol. The second-order valence-corrected chi connectivity index (χ2v) is 5.94. The van der Waals surface area contributed by atoms with Crippen molar-refractivity contribution in [2.75, 3.05) is 19.6 Å². The lowest BCUT2D eigenvalue weighted by Gasteiger charge is -2.16. The van der Waals surface area contributed by atoms with Crippen molar-refractivity contribution in [2.24, 2.45) is 5.92 Å². The van der Waals surface area contributed by atoms with Crippen LogP contribution in [0.1, 0.15) is 31.7 Å². The minimum absolute atomic E-state index is 0.0233. The van der Waals surface area contributed by atoms with Crippen LogP contribution in [0.15, 0.2) is 24.3 Å². The molecule has 2 atom stereocenters. The Morgan fingerprint density at radius 2 is 2.19 bits per heavy atom. The van der Waals surface area contributed by atoms with Crippen molar-refractivity contribution >= 4 is 5.91 Å². The Morgan fingerprint density at radius 3 is 2.86 bits per heavy atom. The van der Waals surface area contributed by atoms with E-state index in [1.165, 1.54) is 12.0 Å². The molecule has 1 saturated heterocycles. The van der Waals surface area contributed by atoms with Crippen LogP contribution in [0.25, 0.3) is 0 Å². The molecule has 1 heterocycles. The summed E-state index contributed by atoms with van der Waals surface area (Å²) in [5, 5.41) is 6.28. The lowest BCUT2D eigenvalue weighted by atomic mass is 10.0. The molecule has 2 rings (SSSR count). The summed E-state index contributed by atoms with van der Waals surface area (Å²) in [7, 11) is 0. The van der Waals surface area contributed by atoms with Crippen molar-refractivity contribution in [3.8, 4) is 5.75 Å². The number of rotatable bonds is 7. The number of hydrogen-bond acceptors (Lipinski definition) is 3. The summed E-state index contributed by atoms with van der Waals surface area (Å²) in [5.74, 6) is 1.64. The molecule has 116 valence electrons. The van der Waals surface area contributed by atoms with E-state index in [1.54, 1.807) is 0 Å². The Labute approximate surface area is 127 Å². The van der Waals surface area contributed by atoms with Crippen molar-refractivity contribution in [1.82, 2.24) is 10.6 Å². The normalized spacial score (nSPS) is 19.2. The van der Waals surface area contributed by atoms with Crippen LogP contribution in [-0.4, -0.2) is 31.6 Å². The standard InChI is InChI=1S/C17H26N2O2/c1-13-3-6-16(7-4-13)21-14(2)11-19-17(20)8-5-15-9-10-18-12-15/h3-4,6-7,14-15,18H,5,8-12H2,1-2H3,(H,19,20). The number of hydrogen-bond donors (Lipinski definition) is 2. The fraction of sp³-hybridized carbons (Fsp3) is 0.588. The highest BCUT2D eigenvalue weighted by molar-refractivity contribution is 5.75. The van der Waals surface area contributed by atoms with Crippen LogP contribution in [0.4, 0.5) is 0 Å². The molecule has 0 spiro atoms. The molecule has 2 N–H and O–H groups in total. The summed E-state index contributed by atoms with van der Waals surface area (Å²) in [4.78, 5) is 11.8. The van der Waals surface area contributed by atoms with Gasteiger partial charge in [-0.3, -0.25) is 4.79 Å². The van der Waals surface area contributed by atoms with E-state index in [9.17, 15) is 4.79 Å². The van der Waals surface area contributed by atoms with Crippen molar-refractivity contribution < 1.29 is 9.53 Å². The number of carbonyl (C=O) groups is 1. The van der Waals surface area contributed by atoms with E-state index < -0.39 is 0 Å². The lowest BCUT2D eigenvalue weighted by molar-refractivity contribution is -0.121. The number of nitrogens with one attached hydrogen (secondary N) is 2. The predicted octanol–water partition coefficient (Wildman–Crippen LogP) is 2.27. The molecular formula is C17H26N2O2. The van der Waals surface area contributed by atoms with Gasteiger partial charge in [0.1, 0.15) is 11.9 Å². The SMILES string of the molecule is Cc1ccc(OC(C)CNC(=O)CCC2CCNC2)cc1. The molecule has 1 fully saturated rings. The zero-order valence-electron chi connectivity index (χ0n) is 13.0. The first-order chi connectivity index (χ1) is 10.1. The highest BCUT2D eigenvalue weighted by atomic mass is 16.5. The van der Waals surface area contributed by atoms with Gasteiger partial charge in [0, 0.05) is 6.42 Å². The van der Waals surface area contributed by atoms with Crippen LogP contribution in [0.3, 0.4) is 0 Å². The maximum absolute atomic E-state index is 11.8. The molecule has 1 aromatic carbocycles. The minimum atomic E-state index is -0.0233. The quantitative estimate of drug-likeness (QED) is 0.810. The van der Waals surface area contributed by atoms with E-state index in [-0.39, 0.29) is 12.0 Å². The van der Waals surface area contributed by atoms with E-state index in [4.69, 9.17) is 4.74 Å². The Balaban J connectivity index is 1.62. The number of ether oxygens (including phenoxy) is 1. The molecule has 0 bridgehead atoms. The van der Waals surface area contributed by atoms with Crippen LogP contribution >= 0.6 is 0 Å². The average Bonchev–Trinajstić information content (AvgIpc) is 2.99. The van der Waals surface area contributed by atoms with E-state index in [0.717, 1.165) is 25.3 Å². The Kier molecular flexibility index (Phi) is 6.05. The van der Waals surface area contributed by atoms with Crippen LogP contribution < -0.4 is 15.4 Å². The molecule has 4 nitrogen and oxygen atoms in total. The Bertz CT molecular complexity index is 439. The Morgan fingerprint density at radius 1 is 1.43 bits per heavy atom. The molecule has 0 aliphatic carbocycles. The van der Waals surface area contributed by atoms with Crippen LogP contribution in [-0.2, 0) is 4.79 Å². The average molecular weight is 290 g/mol. The fourth-order valence-corrected chi connectivity index (χ4v) is 2.53. The van der Waals surface area contributed by atoms with E-state index in [0.29, 0.717) is 18.9 Å². The maximum Gasteiger partial charge on any atom is 0.220 e. The largest absolute Gasteiger partial charge is 0.489 e. The van der Waals surface area contributed by atoms with E-state index in [1.807, 2.05) is 38.1 Å². The first kappa shape index (κ1) is 15.8. The molecule has 1 amide bonds. The molecule has 4 heteroatoms. The fourth-order valence-electron chi connectivity index (χ4n) is 2.53. The highest BCUT2D eigenvalue weighted by Gasteiger charge is 2.15. The Hall–Kier alpha value is -1.55. The van der Waals surface area contributed by atoms with Crippen LogP contribution in [0, 0.1) is 12.8 Å². The van der Waals surface area contributed by atoms with Gasteiger partial charge in [0.05, 0.1) is 6.54 Å². The summed E-state index contributed by atoms with van der Waals surface area (Å²) in [5.41, 5.74) is 1.21. The summed E-state index contributed by atoms with van der Waals surface area (Å²) < 4.78 is 5.77. The molecular weight excluding hydrogens is 264 g/mol. The van der Waals surface area contributed by atoms with Gasteiger partial charge >= 0.3 is 0 Å².